The van der Waals surface area contributed by atoms with Crippen LogP contribution in [0.3, 0.4) is 0 Å². The topological polar surface area (TPSA) is 63.0 Å². The number of halogens is 2. The molecular formula is C9H16F2N4O. The normalized spacial score (nSPS) is 12.0. The van der Waals surface area contributed by atoms with Crippen molar-refractivity contribution in [2.45, 2.75) is 32.4 Å². The van der Waals surface area contributed by atoms with Gasteiger partial charge in [0.25, 0.3) is 5.92 Å². The van der Waals surface area contributed by atoms with E-state index in [4.69, 9.17) is 5.11 Å². The number of nitrogens with zero attached hydrogens (tertiary/aromatic N) is 3. The van der Waals surface area contributed by atoms with E-state index in [-0.39, 0.29) is 6.54 Å². The first-order valence-electron chi connectivity index (χ1n) is 5.15. The second-order valence-electron chi connectivity index (χ2n) is 3.52. The number of aromatic nitrogens is 3. The summed E-state index contributed by atoms with van der Waals surface area (Å²) in [5.74, 6) is -2.47. The lowest BCUT2D eigenvalue weighted by Crippen LogP contribution is -2.36. The van der Waals surface area contributed by atoms with Gasteiger partial charge in [-0.05, 0) is 6.42 Å². The van der Waals surface area contributed by atoms with E-state index in [2.05, 4.69) is 15.4 Å². The van der Waals surface area contributed by atoms with Crippen molar-refractivity contribution in [1.82, 2.24) is 20.1 Å². The van der Waals surface area contributed by atoms with E-state index in [0.29, 0.717) is 12.4 Å². The monoisotopic (exact) mass is 234 g/mol. The Morgan fingerprint density at radius 1 is 1.56 bits per heavy atom. The summed E-state index contributed by atoms with van der Waals surface area (Å²) in [6.07, 6.45) is 2.31. The van der Waals surface area contributed by atoms with Gasteiger partial charge in [0.2, 0.25) is 0 Å². The largest absolute Gasteiger partial charge is 0.390 e. The van der Waals surface area contributed by atoms with Gasteiger partial charge in [-0.15, -0.1) is 0 Å². The van der Waals surface area contributed by atoms with E-state index in [0.717, 1.165) is 6.42 Å². The minimum atomic E-state index is -3.09. The third-order valence-corrected chi connectivity index (χ3v) is 2.03. The van der Waals surface area contributed by atoms with Crippen LogP contribution in [0, 0.1) is 0 Å². The fourth-order valence-corrected chi connectivity index (χ4v) is 1.24. The molecule has 0 aliphatic carbocycles. The first-order valence-corrected chi connectivity index (χ1v) is 5.15. The van der Waals surface area contributed by atoms with Gasteiger partial charge in [0.1, 0.15) is 18.8 Å². The molecule has 0 unspecified atom stereocenters. The Kier molecular flexibility index (Phi) is 4.75. The summed E-state index contributed by atoms with van der Waals surface area (Å²) in [4.78, 5) is 3.96. The van der Waals surface area contributed by atoms with Crippen molar-refractivity contribution >= 4 is 0 Å². The molecule has 0 saturated carbocycles. The molecule has 0 aliphatic rings. The van der Waals surface area contributed by atoms with E-state index < -0.39 is 19.1 Å². The lowest BCUT2D eigenvalue weighted by atomic mass is 10.3. The highest BCUT2D eigenvalue weighted by molar-refractivity contribution is 4.84. The van der Waals surface area contributed by atoms with E-state index in [1.807, 2.05) is 6.92 Å². The van der Waals surface area contributed by atoms with Crippen molar-refractivity contribution in [1.29, 1.82) is 0 Å². The zero-order chi connectivity index (χ0) is 12.0. The van der Waals surface area contributed by atoms with E-state index in [9.17, 15) is 8.78 Å². The van der Waals surface area contributed by atoms with Gasteiger partial charge in [-0.25, -0.2) is 18.4 Å². The summed E-state index contributed by atoms with van der Waals surface area (Å²) in [5.41, 5.74) is 0. The van der Waals surface area contributed by atoms with Crippen molar-refractivity contribution in [3.05, 3.63) is 12.2 Å². The van der Waals surface area contributed by atoms with E-state index >= 15 is 0 Å². The first-order chi connectivity index (χ1) is 7.59. The molecular weight excluding hydrogens is 218 g/mol. The predicted molar refractivity (Wildman–Crippen MR) is 54.1 cm³/mol. The molecule has 0 amide bonds. The zero-order valence-corrected chi connectivity index (χ0v) is 9.16. The van der Waals surface area contributed by atoms with Crippen LogP contribution in [0.25, 0.3) is 0 Å². The lowest BCUT2D eigenvalue weighted by molar-refractivity contribution is -0.0479. The SMILES string of the molecule is CCCn1ncnc1CNCC(F)(F)CO. The van der Waals surface area contributed by atoms with Crippen LogP contribution in [0.4, 0.5) is 8.78 Å². The van der Waals surface area contributed by atoms with Crippen LogP contribution in [0.1, 0.15) is 19.2 Å². The maximum absolute atomic E-state index is 12.7. The fourth-order valence-electron chi connectivity index (χ4n) is 1.24. The second kappa shape index (κ2) is 5.86. The molecule has 0 saturated heterocycles. The number of hydrogen-bond donors (Lipinski definition) is 2. The maximum Gasteiger partial charge on any atom is 0.282 e. The molecule has 0 aromatic carbocycles. The Bertz CT molecular complexity index is 316. The van der Waals surface area contributed by atoms with Crippen molar-refractivity contribution in [2.24, 2.45) is 0 Å². The second-order valence-corrected chi connectivity index (χ2v) is 3.52. The summed E-state index contributed by atoms with van der Waals surface area (Å²) < 4.78 is 27.0. The molecule has 1 aromatic heterocycles. The highest BCUT2D eigenvalue weighted by Gasteiger charge is 2.26. The van der Waals surface area contributed by atoms with Gasteiger partial charge in [-0.3, -0.25) is 0 Å². The Morgan fingerprint density at radius 2 is 2.31 bits per heavy atom. The highest BCUT2D eigenvalue weighted by Crippen LogP contribution is 2.09. The summed E-state index contributed by atoms with van der Waals surface area (Å²) in [5, 5.41) is 14.9. The molecule has 0 radical (unpaired) electrons. The standard InChI is InChI=1S/C9H16F2N4O/c1-2-3-15-8(13-7-14-15)4-12-5-9(10,11)6-16/h7,12,16H,2-6H2,1H3. The highest BCUT2D eigenvalue weighted by atomic mass is 19.3. The number of nitrogens with one attached hydrogen (secondary N) is 1. The average Bonchev–Trinajstić information content (AvgIpc) is 2.66. The van der Waals surface area contributed by atoms with Crippen LogP contribution in [-0.2, 0) is 13.1 Å². The first kappa shape index (κ1) is 13.0. The van der Waals surface area contributed by atoms with E-state index in [1.54, 1.807) is 4.68 Å². The van der Waals surface area contributed by atoms with Crippen molar-refractivity contribution < 1.29 is 13.9 Å². The quantitative estimate of drug-likeness (QED) is 0.717. The number of alkyl halides is 2. The van der Waals surface area contributed by atoms with E-state index in [1.165, 1.54) is 6.33 Å². The molecule has 5 nitrogen and oxygen atoms in total. The fraction of sp³-hybridized carbons (Fsp3) is 0.778. The minimum absolute atomic E-state index is 0.218. The molecule has 7 heteroatoms. The Hall–Kier alpha value is -1.08. The van der Waals surface area contributed by atoms with Gasteiger partial charge in [0.05, 0.1) is 13.1 Å². The molecule has 0 bridgehead atoms. The summed E-state index contributed by atoms with van der Waals surface area (Å²) in [6, 6.07) is 0. The number of aliphatic hydroxyl groups is 1. The van der Waals surface area contributed by atoms with Crippen LogP contribution in [0.15, 0.2) is 6.33 Å². The molecule has 0 fully saturated rings. The molecule has 0 atom stereocenters. The van der Waals surface area contributed by atoms with Gasteiger partial charge in [0.15, 0.2) is 0 Å². The Morgan fingerprint density at radius 3 is 2.94 bits per heavy atom. The van der Waals surface area contributed by atoms with Crippen molar-refractivity contribution in [3.8, 4) is 0 Å². The van der Waals surface area contributed by atoms with Crippen LogP contribution in [-0.4, -0.2) is 38.9 Å². The zero-order valence-electron chi connectivity index (χ0n) is 9.16. The predicted octanol–water partition coefficient (Wildman–Crippen LogP) is 0.405. The summed E-state index contributed by atoms with van der Waals surface area (Å²) in [7, 11) is 0. The van der Waals surface area contributed by atoms with Crippen LogP contribution in [0.2, 0.25) is 0 Å². The summed E-state index contributed by atoms with van der Waals surface area (Å²) >= 11 is 0. The molecule has 16 heavy (non-hydrogen) atoms. The summed E-state index contributed by atoms with van der Waals surface area (Å²) in [6.45, 7) is 1.21. The van der Waals surface area contributed by atoms with Crippen LogP contribution in [0.5, 0.6) is 0 Å². The smallest absolute Gasteiger partial charge is 0.282 e. The molecule has 2 N–H and O–H groups in total. The Labute approximate surface area is 92.5 Å². The molecule has 1 rings (SSSR count). The lowest BCUT2D eigenvalue weighted by Gasteiger charge is -2.13. The molecule has 0 aliphatic heterocycles. The number of aliphatic hydroxyl groups excluding tert-OH is 1. The third kappa shape index (κ3) is 3.82. The average molecular weight is 234 g/mol. The van der Waals surface area contributed by atoms with Gasteiger partial charge < -0.3 is 10.4 Å². The number of hydrogen-bond acceptors (Lipinski definition) is 4. The maximum atomic E-state index is 12.7. The number of rotatable bonds is 7. The van der Waals surface area contributed by atoms with Gasteiger partial charge in [0, 0.05) is 6.54 Å². The van der Waals surface area contributed by atoms with Crippen LogP contribution >= 0.6 is 0 Å². The van der Waals surface area contributed by atoms with Gasteiger partial charge >= 0.3 is 0 Å². The molecule has 0 spiro atoms. The van der Waals surface area contributed by atoms with Crippen molar-refractivity contribution in [3.63, 3.8) is 0 Å². The minimum Gasteiger partial charge on any atom is -0.390 e. The van der Waals surface area contributed by atoms with Gasteiger partial charge in [-0.2, -0.15) is 5.10 Å². The van der Waals surface area contributed by atoms with Crippen LogP contribution < -0.4 is 5.32 Å². The number of aryl methyl sites for hydroxylation is 1. The van der Waals surface area contributed by atoms with Crippen molar-refractivity contribution in [2.75, 3.05) is 13.2 Å². The molecule has 92 valence electrons. The third-order valence-electron chi connectivity index (χ3n) is 2.03. The van der Waals surface area contributed by atoms with Gasteiger partial charge in [-0.1, -0.05) is 6.92 Å². The molecule has 1 heterocycles. The Balaban J connectivity index is 2.39. The molecule has 1 aromatic rings.